The molecule has 7 heteroatoms. The zero-order valence-corrected chi connectivity index (χ0v) is 9.19. The highest BCUT2D eigenvalue weighted by Gasteiger charge is 2.31. The van der Waals surface area contributed by atoms with Gasteiger partial charge in [0, 0.05) is 11.8 Å². The zero-order valence-electron chi connectivity index (χ0n) is 9.19. The topological polar surface area (TPSA) is 96.2 Å². The van der Waals surface area contributed by atoms with Crippen molar-refractivity contribution in [1.82, 2.24) is 20.6 Å². The lowest BCUT2D eigenvalue weighted by Gasteiger charge is -2.15. The molecule has 1 aliphatic heterocycles. The van der Waals surface area contributed by atoms with Crippen LogP contribution in [0, 0.1) is 0 Å². The molecule has 0 spiro atoms. The molecule has 88 valence electrons. The molecule has 3 rings (SSSR count). The summed E-state index contributed by atoms with van der Waals surface area (Å²) in [6, 6.07) is 7.29. The van der Waals surface area contributed by atoms with Crippen molar-refractivity contribution in [2.45, 2.75) is 5.54 Å². The number of hydrogen-bond donors (Lipinski definition) is 1. The average Bonchev–Trinajstić information content (AvgIpc) is 3.11. The summed E-state index contributed by atoms with van der Waals surface area (Å²) in [6.07, 6.45) is 3.92. The summed E-state index contributed by atoms with van der Waals surface area (Å²) in [5, 5.41) is 21.2. The van der Waals surface area contributed by atoms with Crippen LogP contribution in [-0.4, -0.2) is 26.9 Å². The maximum Gasteiger partial charge on any atom is 0.182 e. The van der Waals surface area contributed by atoms with Crippen molar-refractivity contribution >= 4 is 6.29 Å². The van der Waals surface area contributed by atoms with Gasteiger partial charge in [-0.25, -0.2) is 5.10 Å². The molecule has 0 saturated carbocycles. The largest absolute Gasteiger partial charge is 0.300 e. The van der Waals surface area contributed by atoms with Gasteiger partial charge in [-0.15, -0.1) is 5.10 Å². The molecule has 2 heterocycles. The summed E-state index contributed by atoms with van der Waals surface area (Å²) in [7, 11) is 0. The number of rotatable bonds is 3. The number of nitrogens with zero attached hydrogens (tertiary/aromatic N) is 5. The maximum atomic E-state index is 11.3. The van der Waals surface area contributed by atoms with E-state index in [1.165, 1.54) is 6.20 Å². The van der Waals surface area contributed by atoms with Crippen molar-refractivity contribution in [2.24, 2.45) is 10.2 Å². The summed E-state index contributed by atoms with van der Waals surface area (Å²) in [4.78, 5) is 11.3. The molecule has 1 aliphatic rings. The lowest BCUT2D eigenvalue weighted by Crippen LogP contribution is -2.20. The van der Waals surface area contributed by atoms with Gasteiger partial charge in [0.2, 0.25) is 0 Å². The molecule has 1 unspecified atom stereocenters. The van der Waals surface area contributed by atoms with Crippen molar-refractivity contribution in [1.29, 1.82) is 0 Å². The third-order valence-corrected chi connectivity index (χ3v) is 2.74. The van der Waals surface area contributed by atoms with E-state index in [1.807, 2.05) is 24.3 Å². The fourth-order valence-corrected chi connectivity index (χ4v) is 1.79. The standard InChI is InChI=1S/C11H8N6O/c18-7-11(4-5-12-15-11)9-3-1-2-8(6-9)10-13-16-17-14-10/h1-7H,(H,13,14,16,17). The van der Waals surface area contributed by atoms with Gasteiger partial charge in [-0.3, -0.25) is 4.79 Å². The molecule has 1 aromatic heterocycles. The van der Waals surface area contributed by atoms with Crippen LogP contribution < -0.4 is 0 Å². The van der Waals surface area contributed by atoms with E-state index in [1.54, 1.807) is 6.08 Å². The van der Waals surface area contributed by atoms with Crippen LogP contribution in [0.5, 0.6) is 0 Å². The van der Waals surface area contributed by atoms with Crippen molar-refractivity contribution in [2.75, 3.05) is 0 Å². The lowest BCUT2D eigenvalue weighted by atomic mass is 9.91. The van der Waals surface area contributed by atoms with E-state index in [-0.39, 0.29) is 0 Å². The van der Waals surface area contributed by atoms with Gasteiger partial charge in [0.25, 0.3) is 0 Å². The van der Waals surface area contributed by atoms with Crippen LogP contribution in [0.25, 0.3) is 11.4 Å². The number of H-pyrrole nitrogens is 1. The third kappa shape index (κ3) is 1.53. The Bertz CT molecular complexity index is 619. The first kappa shape index (κ1) is 10.5. The second kappa shape index (κ2) is 3.95. The van der Waals surface area contributed by atoms with Gasteiger partial charge in [-0.2, -0.15) is 10.2 Å². The molecule has 1 N–H and O–H groups in total. The van der Waals surface area contributed by atoms with Crippen molar-refractivity contribution in [3.63, 3.8) is 0 Å². The number of aromatic nitrogens is 4. The van der Waals surface area contributed by atoms with Gasteiger partial charge < -0.3 is 0 Å². The second-order valence-electron chi connectivity index (χ2n) is 3.81. The Kier molecular flexibility index (Phi) is 2.30. The summed E-state index contributed by atoms with van der Waals surface area (Å²) in [5.41, 5.74) is 0.488. The summed E-state index contributed by atoms with van der Waals surface area (Å²) < 4.78 is 0. The number of carbonyl (C=O) groups is 1. The summed E-state index contributed by atoms with van der Waals surface area (Å²) in [6.45, 7) is 0. The number of hydrogen-bond acceptors (Lipinski definition) is 6. The van der Waals surface area contributed by atoms with E-state index >= 15 is 0 Å². The van der Waals surface area contributed by atoms with Crippen LogP contribution in [-0.2, 0) is 10.3 Å². The SMILES string of the molecule is O=CC1(c2cccc(-c3nnn[nH]3)c2)C=CN=N1. The van der Waals surface area contributed by atoms with Crippen molar-refractivity contribution in [3.8, 4) is 11.4 Å². The summed E-state index contributed by atoms with van der Waals surface area (Å²) in [5.74, 6) is 0.539. The van der Waals surface area contributed by atoms with Crippen LogP contribution in [0.2, 0.25) is 0 Å². The molecule has 18 heavy (non-hydrogen) atoms. The molecule has 1 atom stereocenters. The molecule has 0 amide bonds. The van der Waals surface area contributed by atoms with Gasteiger partial charge in [0.05, 0.1) is 0 Å². The number of carbonyl (C=O) groups excluding carboxylic acids is 1. The van der Waals surface area contributed by atoms with Crippen LogP contribution in [0.15, 0.2) is 46.8 Å². The molecule has 2 aromatic rings. The Morgan fingerprint density at radius 1 is 1.33 bits per heavy atom. The van der Waals surface area contributed by atoms with E-state index in [0.717, 1.165) is 17.4 Å². The van der Waals surface area contributed by atoms with E-state index in [4.69, 9.17) is 0 Å². The van der Waals surface area contributed by atoms with Gasteiger partial charge in [-0.1, -0.05) is 18.2 Å². The number of benzene rings is 1. The third-order valence-electron chi connectivity index (χ3n) is 2.74. The smallest absolute Gasteiger partial charge is 0.182 e. The van der Waals surface area contributed by atoms with Crippen LogP contribution in [0.1, 0.15) is 5.56 Å². The molecule has 0 saturated heterocycles. The monoisotopic (exact) mass is 240 g/mol. The highest BCUT2D eigenvalue weighted by atomic mass is 16.1. The number of aromatic amines is 1. The first-order valence-corrected chi connectivity index (χ1v) is 5.25. The molecule has 0 fully saturated rings. The molecule has 0 aliphatic carbocycles. The van der Waals surface area contributed by atoms with Crippen LogP contribution >= 0.6 is 0 Å². The van der Waals surface area contributed by atoms with Gasteiger partial charge in [0.1, 0.15) is 0 Å². The highest BCUT2D eigenvalue weighted by Crippen LogP contribution is 2.31. The van der Waals surface area contributed by atoms with Crippen LogP contribution in [0.3, 0.4) is 0 Å². The molecule has 7 nitrogen and oxygen atoms in total. The fourth-order valence-electron chi connectivity index (χ4n) is 1.79. The van der Waals surface area contributed by atoms with E-state index in [9.17, 15) is 4.79 Å². The number of azo groups is 1. The maximum absolute atomic E-state index is 11.3. The molecule has 0 bridgehead atoms. The summed E-state index contributed by atoms with van der Waals surface area (Å²) >= 11 is 0. The molecule has 1 aromatic carbocycles. The highest BCUT2D eigenvalue weighted by molar-refractivity contribution is 5.73. The fraction of sp³-hybridized carbons (Fsp3) is 0.0909. The Labute approximate surface area is 102 Å². The minimum Gasteiger partial charge on any atom is -0.300 e. The predicted octanol–water partition coefficient (Wildman–Crippen LogP) is 1.24. The van der Waals surface area contributed by atoms with Crippen molar-refractivity contribution < 1.29 is 4.79 Å². The first-order chi connectivity index (χ1) is 8.84. The minimum atomic E-state index is -1.02. The zero-order chi connectivity index (χ0) is 12.4. The Balaban J connectivity index is 2.09. The Morgan fingerprint density at radius 3 is 2.94 bits per heavy atom. The Morgan fingerprint density at radius 2 is 2.28 bits per heavy atom. The average molecular weight is 240 g/mol. The number of tetrazole rings is 1. The van der Waals surface area contributed by atoms with Crippen LogP contribution in [0.4, 0.5) is 0 Å². The van der Waals surface area contributed by atoms with Gasteiger partial charge >= 0.3 is 0 Å². The van der Waals surface area contributed by atoms with Gasteiger partial charge in [0.15, 0.2) is 17.6 Å². The second-order valence-corrected chi connectivity index (χ2v) is 3.81. The molecule has 0 radical (unpaired) electrons. The molecular formula is C11H8N6O. The minimum absolute atomic E-state index is 0.539. The number of nitrogens with one attached hydrogen (secondary N) is 1. The lowest BCUT2D eigenvalue weighted by molar-refractivity contribution is -0.111. The molecular weight excluding hydrogens is 232 g/mol. The first-order valence-electron chi connectivity index (χ1n) is 5.25. The number of aldehydes is 1. The van der Waals surface area contributed by atoms with Crippen molar-refractivity contribution in [3.05, 3.63) is 42.1 Å². The Hall–Kier alpha value is -2.70. The predicted molar refractivity (Wildman–Crippen MR) is 61.4 cm³/mol. The normalized spacial score (nSPS) is 21.3. The van der Waals surface area contributed by atoms with E-state index in [2.05, 4.69) is 30.9 Å². The van der Waals surface area contributed by atoms with E-state index in [0.29, 0.717) is 5.82 Å². The van der Waals surface area contributed by atoms with E-state index < -0.39 is 5.54 Å². The quantitative estimate of drug-likeness (QED) is 0.816. The van der Waals surface area contributed by atoms with Gasteiger partial charge in [-0.05, 0) is 28.1 Å².